The number of hydrogen-bond donors (Lipinski definition) is 0. The SMILES string of the molecule is FCCN(CF)CF. The van der Waals surface area contributed by atoms with Gasteiger partial charge in [0.25, 0.3) is 0 Å². The first-order valence-electron chi connectivity index (χ1n) is 2.25. The molecule has 0 saturated heterocycles. The van der Waals surface area contributed by atoms with Crippen LogP contribution in [0.5, 0.6) is 0 Å². The van der Waals surface area contributed by atoms with Gasteiger partial charge in [0, 0.05) is 6.54 Å². The number of hydrogen-bond acceptors (Lipinski definition) is 1. The number of halogens is 3. The molecule has 0 saturated carbocycles. The first-order chi connectivity index (χ1) is 3.85. The molecular weight excluding hydrogens is 119 g/mol. The van der Waals surface area contributed by atoms with Gasteiger partial charge in [0.1, 0.15) is 20.3 Å². The van der Waals surface area contributed by atoms with Crippen LogP contribution in [-0.2, 0) is 0 Å². The van der Waals surface area contributed by atoms with Gasteiger partial charge in [-0.2, -0.15) is 0 Å². The minimum absolute atomic E-state index is 0.160. The second-order valence-electron chi connectivity index (χ2n) is 1.32. The highest BCUT2D eigenvalue weighted by molar-refractivity contribution is 4.41. The highest BCUT2D eigenvalue weighted by atomic mass is 19.1. The van der Waals surface area contributed by atoms with Gasteiger partial charge in [0.2, 0.25) is 0 Å². The second kappa shape index (κ2) is 4.90. The van der Waals surface area contributed by atoms with Gasteiger partial charge in [-0.3, -0.25) is 0 Å². The smallest absolute Gasteiger partial charge is 0.145 e. The molecule has 0 aliphatic heterocycles. The zero-order chi connectivity index (χ0) is 6.41. The van der Waals surface area contributed by atoms with Crippen molar-refractivity contribution >= 4 is 0 Å². The Kier molecular flexibility index (Phi) is 4.75. The second-order valence-corrected chi connectivity index (χ2v) is 1.32. The van der Waals surface area contributed by atoms with E-state index >= 15 is 0 Å². The Morgan fingerprint density at radius 3 is 1.62 bits per heavy atom. The van der Waals surface area contributed by atoms with E-state index in [0.717, 1.165) is 4.90 Å². The number of rotatable bonds is 4. The van der Waals surface area contributed by atoms with Crippen molar-refractivity contribution in [2.75, 3.05) is 26.8 Å². The Morgan fingerprint density at radius 1 is 1.00 bits per heavy atom. The fourth-order valence-electron chi connectivity index (χ4n) is 0.271. The molecule has 0 atom stereocenters. The average molecular weight is 127 g/mol. The Bertz CT molecular complexity index is 46.5. The fourth-order valence-corrected chi connectivity index (χ4v) is 0.271. The minimum atomic E-state index is -0.916. The molecule has 0 aliphatic carbocycles. The summed E-state index contributed by atoms with van der Waals surface area (Å²) in [5.41, 5.74) is 0. The van der Waals surface area contributed by atoms with Crippen LogP contribution in [-0.4, -0.2) is 31.7 Å². The normalized spacial score (nSPS) is 10.5. The van der Waals surface area contributed by atoms with Crippen LogP contribution in [0.1, 0.15) is 0 Å². The van der Waals surface area contributed by atoms with Gasteiger partial charge >= 0.3 is 0 Å². The topological polar surface area (TPSA) is 3.24 Å². The zero-order valence-corrected chi connectivity index (χ0v) is 4.41. The largest absolute Gasteiger partial charge is 0.250 e. The third-order valence-electron chi connectivity index (χ3n) is 0.739. The summed E-state index contributed by atoms with van der Waals surface area (Å²) in [7, 11) is 0. The third-order valence-corrected chi connectivity index (χ3v) is 0.739. The van der Waals surface area contributed by atoms with Gasteiger partial charge in [0.15, 0.2) is 0 Å². The quantitative estimate of drug-likeness (QED) is 0.511. The van der Waals surface area contributed by atoms with Crippen molar-refractivity contribution in [1.82, 2.24) is 4.90 Å². The molecule has 0 spiro atoms. The first kappa shape index (κ1) is 7.75. The van der Waals surface area contributed by atoms with Crippen LogP contribution in [0.4, 0.5) is 13.2 Å². The van der Waals surface area contributed by atoms with Crippen molar-refractivity contribution < 1.29 is 13.2 Å². The summed E-state index contributed by atoms with van der Waals surface area (Å²) >= 11 is 0. The lowest BCUT2D eigenvalue weighted by molar-refractivity contribution is 0.117. The molecule has 4 heteroatoms. The maximum Gasteiger partial charge on any atom is 0.145 e. The molecule has 0 rings (SSSR count). The molecule has 0 N–H and O–H groups in total. The van der Waals surface area contributed by atoms with Crippen molar-refractivity contribution in [3.05, 3.63) is 0 Å². The molecular formula is C4H8F3N. The molecule has 0 unspecified atom stereocenters. The number of alkyl halides is 3. The zero-order valence-electron chi connectivity index (χ0n) is 4.41. The van der Waals surface area contributed by atoms with Crippen LogP contribution in [0.25, 0.3) is 0 Å². The maximum atomic E-state index is 11.4. The monoisotopic (exact) mass is 127 g/mol. The summed E-state index contributed by atoms with van der Waals surface area (Å²) in [6.45, 7) is -2.69. The summed E-state index contributed by atoms with van der Waals surface area (Å²) < 4.78 is 34.0. The van der Waals surface area contributed by atoms with E-state index in [9.17, 15) is 13.2 Å². The lowest BCUT2D eigenvalue weighted by Gasteiger charge is -2.09. The third kappa shape index (κ3) is 2.85. The molecule has 0 aromatic carbocycles. The number of nitrogens with zero attached hydrogens (tertiary/aromatic N) is 1. The molecule has 0 aromatic rings. The Labute approximate surface area is 46.1 Å². The molecule has 0 radical (unpaired) electrons. The Morgan fingerprint density at radius 2 is 1.50 bits per heavy atom. The van der Waals surface area contributed by atoms with Crippen LogP contribution in [0.15, 0.2) is 0 Å². The summed E-state index contributed by atoms with van der Waals surface area (Å²) in [6, 6.07) is 0. The fraction of sp³-hybridized carbons (Fsp3) is 1.00. The molecule has 1 nitrogen and oxygen atoms in total. The van der Waals surface area contributed by atoms with Crippen LogP contribution in [0.2, 0.25) is 0 Å². The predicted octanol–water partition coefficient (Wildman–Crippen LogP) is 1.11. The van der Waals surface area contributed by atoms with Crippen molar-refractivity contribution in [2.24, 2.45) is 0 Å². The van der Waals surface area contributed by atoms with E-state index in [0.29, 0.717) is 0 Å². The van der Waals surface area contributed by atoms with Crippen molar-refractivity contribution in [3.63, 3.8) is 0 Å². The van der Waals surface area contributed by atoms with Crippen LogP contribution in [0.3, 0.4) is 0 Å². The van der Waals surface area contributed by atoms with Gasteiger partial charge in [-0.25, -0.2) is 18.1 Å². The van der Waals surface area contributed by atoms with E-state index in [4.69, 9.17) is 0 Å². The lowest BCUT2D eigenvalue weighted by Crippen LogP contribution is -2.23. The van der Waals surface area contributed by atoms with Crippen LogP contribution < -0.4 is 0 Å². The highest BCUT2D eigenvalue weighted by Gasteiger charge is 1.99. The minimum Gasteiger partial charge on any atom is -0.250 e. The molecule has 0 fully saturated rings. The molecule has 0 aromatic heterocycles. The first-order valence-corrected chi connectivity index (χ1v) is 2.25. The van der Waals surface area contributed by atoms with Crippen LogP contribution >= 0.6 is 0 Å². The molecule has 50 valence electrons. The van der Waals surface area contributed by atoms with E-state index in [1.165, 1.54) is 0 Å². The van der Waals surface area contributed by atoms with Crippen molar-refractivity contribution in [1.29, 1.82) is 0 Å². The summed E-state index contributed by atoms with van der Waals surface area (Å²) in [6.07, 6.45) is 0. The van der Waals surface area contributed by atoms with Crippen molar-refractivity contribution in [3.8, 4) is 0 Å². The van der Waals surface area contributed by atoms with Crippen LogP contribution in [0, 0.1) is 0 Å². The van der Waals surface area contributed by atoms with E-state index < -0.39 is 20.3 Å². The highest BCUT2D eigenvalue weighted by Crippen LogP contribution is 1.87. The summed E-state index contributed by atoms with van der Waals surface area (Å²) in [4.78, 5) is 0.722. The molecule has 0 aliphatic rings. The van der Waals surface area contributed by atoms with E-state index in [1.54, 1.807) is 0 Å². The van der Waals surface area contributed by atoms with Gasteiger partial charge in [0.05, 0.1) is 0 Å². The maximum absolute atomic E-state index is 11.4. The van der Waals surface area contributed by atoms with E-state index in [1.807, 2.05) is 0 Å². The van der Waals surface area contributed by atoms with Crippen molar-refractivity contribution in [2.45, 2.75) is 0 Å². The summed E-state index contributed by atoms with van der Waals surface area (Å²) in [5, 5.41) is 0. The molecule has 0 bridgehead atoms. The average Bonchev–Trinajstić information content (AvgIpc) is 1.83. The van der Waals surface area contributed by atoms with Gasteiger partial charge in [-0.15, -0.1) is 0 Å². The Balaban J connectivity index is 3.07. The molecule has 0 heterocycles. The lowest BCUT2D eigenvalue weighted by atomic mass is 10.6. The van der Waals surface area contributed by atoms with Gasteiger partial charge in [-0.1, -0.05) is 0 Å². The van der Waals surface area contributed by atoms with Gasteiger partial charge in [-0.05, 0) is 0 Å². The van der Waals surface area contributed by atoms with Gasteiger partial charge < -0.3 is 0 Å². The predicted molar refractivity (Wildman–Crippen MR) is 24.6 cm³/mol. The summed E-state index contributed by atoms with van der Waals surface area (Å²) in [5.74, 6) is 0. The molecule has 0 amide bonds. The van der Waals surface area contributed by atoms with E-state index in [-0.39, 0.29) is 6.54 Å². The Hall–Kier alpha value is -0.250. The molecule has 8 heavy (non-hydrogen) atoms. The standard InChI is InChI=1S/C4H8F3N/c5-1-2-8(3-6)4-7/h1-4H2. The van der Waals surface area contributed by atoms with E-state index in [2.05, 4.69) is 0 Å².